The minimum Gasteiger partial charge on any atom is -0.494 e. The van der Waals surface area contributed by atoms with Crippen LogP contribution in [0.15, 0.2) is 64.8 Å². The highest BCUT2D eigenvalue weighted by Gasteiger charge is 2.08. The SMILES string of the molecule is C/C=C(/C(=O)O)c1ccc(N=Nc2ccc(OCC)cc2)cc1. The number of hydrogen-bond donors (Lipinski definition) is 1. The van der Waals surface area contributed by atoms with Gasteiger partial charge in [0.15, 0.2) is 0 Å². The third-order valence-electron chi connectivity index (χ3n) is 3.13. The first-order chi connectivity index (χ1) is 11.1. The van der Waals surface area contributed by atoms with E-state index in [1.807, 2.05) is 31.2 Å². The van der Waals surface area contributed by atoms with E-state index in [0.29, 0.717) is 17.9 Å². The molecule has 0 aliphatic heterocycles. The molecule has 0 atom stereocenters. The van der Waals surface area contributed by atoms with Crippen molar-refractivity contribution in [2.75, 3.05) is 6.61 Å². The number of carbonyl (C=O) groups is 1. The van der Waals surface area contributed by atoms with Crippen LogP contribution < -0.4 is 4.74 Å². The van der Waals surface area contributed by atoms with Gasteiger partial charge in [0.2, 0.25) is 0 Å². The van der Waals surface area contributed by atoms with Crippen LogP contribution in [0.25, 0.3) is 5.57 Å². The molecule has 0 bridgehead atoms. The number of carboxylic acids is 1. The number of allylic oxidation sites excluding steroid dienone is 1. The van der Waals surface area contributed by atoms with Crippen molar-refractivity contribution in [1.82, 2.24) is 0 Å². The summed E-state index contributed by atoms with van der Waals surface area (Å²) in [6, 6.07) is 14.2. The second-order valence-corrected chi connectivity index (χ2v) is 4.68. The Hall–Kier alpha value is -2.95. The van der Waals surface area contributed by atoms with Gasteiger partial charge in [-0.1, -0.05) is 18.2 Å². The number of benzene rings is 2. The summed E-state index contributed by atoms with van der Waals surface area (Å²) in [5.41, 5.74) is 2.28. The minimum atomic E-state index is -0.948. The van der Waals surface area contributed by atoms with E-state index in [1.165, 1.54) is 0 Å². The lowest BCUT2D eigenvalue weighted by atomic mass is 10.1. The maximum absolute atomic E-state index is 11.1. The largest absolute Gasteiger partial charge is 0.494 e. The Morgan fingerprint density at radius 1 is 1.04 bits per heavy atom. The van der Waals surface area contributed by atoms with Crippen LogP contribution in [0.1, 0.15) is 19.4 Å². The highest BCUT2D eigenvalue weighted by Crippen LogP contribution is 2.23. The van der Waals surface area contributed by atoms with Crippen LogP contribution in [0.2, 0.25) is 0 Å². The summed E-state index contributed by atoms with van der Waals surface area (Å²) in [4.78, 5) is 11.1. The molecule has 0 unspecified atom stereocenters. The third kappa shape index (κ3) is 4.51. The van der Waals surface area contributed by atoms with Crippen LogP contribution in [0.4, 0.5) is 11.4 Å². The first-order valence-corrected chi connectivity index (χ1v) is 7.28. The lowest BCUT2D eigenvalue weighted by Gasteiger charge is -2.02. The fourth-order valence-electron chi connectivity index (χ4n) is 2.01. The lowest BCUT2D eigenvalue weighted by molar-refractivity contribution is -0.130. The van der Waals surface area contributed by atoms with E-state index in [-0.39, 0.29) is 5.57 Å². The Morgan fingerprint density at radius 3 is 2.00 bits per heavy atom. The number of hydrogen-bond acceptors (Lipinski definition) is 4. The van der Waals surface area contributed by atoms with E-state index in [0.717, 1.165) is 11.4 Å². The molecule has 0 saturated heterocycles. The van der Waals surface area contributed by atoms with Crippen molar-refractivity contribution in [3.05, 3.63) is 60.2 Å². The minimum absolute atomic E-state index is 0.264. The molecule has 0 radical (unpaired) electrons. The molecule has 0 fully saturated rings. The van der Waals surface area contributed by atoms with E-state index in [1.54, 1.807) is 37.3 Å². The van der Waals surface area contributed by atoms with Crippen molar-refractivity contribution in [3.8, 4) is 5.75 Å². The van der Waals surface area contributed by atoms with E-state index >= 15 is 0 Å². The maximum atomic E-state index is 11.1. The van der Waals surface area contributed by atoms with Crippen molar-refractivity contribution in [1.29, 1.82) is 0 Å². The molecule has 0 saturated carbocycles. The quantitative estimate of drug-likeness (QED) is 0.603. The monoisotopic (exact) mass is 310 g/mol. The van der Waals surface area contributed by atoms with Gasteiger partial charge in [0.25, 0.3) is 0 Å². The van der Waals surface area contributed by atoms with Crippen molar-refractivity contribution >= 4 is 22.9 Å². The Labute approximate surface area is 135 Å². The van der Waals surface area contributed by atoms with Gasteiger partial charge in [0, 0.05) is 0 Å². The second-order valence-electron chi connectivity index (χ2n) is 4.68. The molecule has 0 heterocycles. The van der Waals surface area contributed by atoms with Crippen LogP contribution >= 0.6 is 0 Å². The number of rotatable bonds is 6. The predicted octanol–water partition coefficient (Wildman–Crippen LogP) is 4.99. The molecular formula is C18H18N2O3. The molecule has 0 aliphatic rings. The van der Waals surface area contributed by atoms with Gasteiger partial charge in [-0.2, -0.15) is 10.2 Å². The molecule has 5 nitrogen and oxygen atoms in total. The summed E-state index contributed by atoms with van der Waals surface area (Å²) in [7, 11) is 0. The highest BCUT2D eigenvalue weighted by molar-refractivity contribution is 6.15. The summed E-state index contributed by atoms with van der Waals surface area (Å²) in [5.74, 6) is -0.153. The fraction of sp³-hybridized carbons (Fsp3) is 0.167. The molecular weight excluding hydrogens is 292 g/mol. The molecule has 0 aliphatic carbocycles. The van der Waals surface area contributed by atoms with E-state index in [4.69, 9.17) is 9.84 Å². The van der Waals surface area contributed by atoms with Gasteiger partial charge in [0.1, 0.15) is 5.75 Å². The summed E-state index contributed by atoms with van der Waals surface area (Å²) in [6.07, 6.45) is 1.57. The second kappa shape index (κ2) is 7.89. The average Bonchev–Trinajstić information content (AvgIpc) is 2.56. The van der Waals surface area contributed by atoms with Crippen LogP contribution in [0, 0.1) is 0 Å². The smallest absolute Gasteiger partial charge is 0.335 e. The standard InChI is InChI=1S/C18H18N2O3/c1-3-17(18(21)22)13-5-7-14(8-6-13)19-20-15-9-11-16(12-10-15)23-4-2/h3,5-12H,4H2,1-2H3,(H,21,22)/b17-3+,20-19?. The predicted molar refractivity (Wildman–Crippen MR) is 89.5 cm³/mol. The molecule has 2 aromatic rings. The average molecular weight is 310 g/mol. The van der Waals surface area contributed by atoms with Gasteiger partial charge in [-0.05, 0) is 55.8 Å². The molecule has 2 aromatic carbocycles. The van der Waals surface area contributed by atoms with Gasteiger partial charge >= 0.3 is 5.97 Å². The number of aliphatic carboxylic acids is 1. The number of carboxylic acid groups (broad SMARTS) is 1. The van der Waals surface area contributed by atoms with E-state index in [9.17, 15) is 4.79 Å². The number of ether oxygens (including phenoxy) is 1. The molecule has 1 N–H and O–H groups in total. The van der Waals surface area contributed by atoms with E-state index < -0.39 is 5.97 Å². The summed E-state index contributed by atoms with van der Waals surface area (Å²) >= 11 is 0. The van der Waals surface area contributed by atoms with Crippen LogP contribution in [-0.4, -0.2) is 17.7 Å². The summed E-state index contributed by atoms with van der Waals surface area (Å²) < 4.78 is 5.36. The first-order valence-electron chi connectivity index (χ1n) is 7.28. The summed E-state index contributed by atoms with van der Waals surface area (Å²) in [6.45, 7) is 4.25. The topological polar surface area (TPSA) is 71.2 Å². The Bertz CT molecular complexity index is 717. The highest BCUT2D eigenvalue weighted by atomic mass is 16.5. The summed E-state index contributed by atoms with van der Waals surface area (Å²) in [5, 5.41) is 17.4. The van der Waals surface area contributed by atoms with Gasteiger partial charge in [0.05, 0.1) is 23.6 Å². The Kier molecular flexibility index (Phi) is 5.63. The zero-order valence-electron chi connectivity index (χ0n) is 13.1. The molecule has 0 amide bonds. The number of azo groups is 1. The van der Waals surface area contributed by atoms with E-state index in [2.05, 4.69) is 10.2 Å². The molecule has 2 rings (SSSR count). The maximum Gasteiger partial charge on any atom is 0.335 e. The molecule has 118 valence electrons. The number of nitrogens with zero attached hydrogens (tertiary/aromatic N) is 2. The van der Waals surface area contributed by atoms with Crippen LogP contribution in [-0.2, 0) is 4.79 Å². The molecule has 0 aromatic heterocycles. The first kappa shape index (κ1) is 16.4. The van der Waals surface area contributed by atoms with Gasteiger partial charge in [-0.15, -0.1) is 0 Å². The Balaban J connectivity index is 2.09. The van der Waals surface area contributed by atoms with Gasteiger partial charge < -0.3 is 9.84 Å². The normalized spacial score (nSPS) is 11.7. The van der Waals surface area contributed by atoms with Crippen molar-refractivity contribution in [2.45, 2.75) is 13.8 Å². The van der Waals surface area contributed by atoms with Crippen molar-refractivity contribution < 1.29 is 14.6 Å². The van der Waals surface area contributed by atoms with Gasteiger partial charge in [-0.3, -0.25) is 0 Å². The molecule has 5 heteroatoms. The fourth-order valence-corrected chi connectivity index (χ4v) is 2.01. The van der Waals surface area contributed by atoms with Crippen molar-refractivity contribution in [2.24, 2.45) is 10.2 Å². The van der Waals surface area contributed by atoms with Gasteiger partial charge in [-0.25, -0.2) is 4.79 Å². The zero-order chi connectivity index (χ0) is 16.7. The zero-order valence-corrected chi connectivity index (χ0v) is 13.1. The molecule has 23 heavy (non-hydrogen) atoms. The van der Waals surface area contributed by atoms with Crippen molar-refractivity contribution in [3.63, 3.8) is 0 Å². The van der Waals surface area contributed by atoms with Crippen LogP contribution in [0.3, 0.4) is 0 Å². The van der Waals surface area contributed by atoms with Crippen LogP contribution in [0.5, 0.6) is 5.75 Å². The third-order valence-corrected chi connectivity index (χ3v) is 3.13. The molecule has 0 spiro atoms. The Morgan fingerprint density at radius 2 is 1.57 bits per heavy atom. The lowest BCUT2D eigenvalue weighted by Crippen LogP contribution is -1.98.